The Hall–Kier alpha value is -1.72. The molecular weight excluding hydrogens is 224 g/mol. The van der Waals surface area contributed by atoms with Crippen molar-refractivity contribution in [3.8, 4) is 10.6 Å². The van der Waals surface area contributed by atoms with Crippen molar-refractivity contribution in [1.82, 2.24) is 4.98 Å². The molecule has 1 aromatic carbocycles. The molecule has 0 unspecified atom stereocenters. The average molecular weight is 234 g/mol. The van der Waals surface area contributed by atoms with Crippen molar-refractivity contribution in [3.05, 3.63) is 40.9 Å². The van der Waals surface area contributed by atoms with Gasteiger partial charge in [0.05, 0.1) is 0 Å². The molecular formula is C11H10N2O2S. The van der Waals surface area contributed by atoms with Crippen LogP contribution in [0.1, 0.15) is 16.1 Å². The van der Waals surface area contributed by atoms with Gasteiger partial charge in [0.25, 0.3) is 0 Å². The van der Waals surface area contributed by atoms with Crippen LogP contribution in [0, 0.1) is 0 Å². The molecule has 2 rings (SSSR count). The molecule has 1 aromatic heterocycles. The Morgan fingerprint density at radius 3 is 2.81 bits per heavy atom. The smallest absolute Gasteiger partial charge is 0.355 e. The average Bonchev–Trinajstić information content (AvgIpc) is 2.78. The van der Waals surface area contributed by atoms with E-state index in [4.69, 9.17) is 10.8 Å². The maximum Gasteiger partial charge on any atom is 0.355 e. The first-order valence-electron chi connectivity index (χ1n) is 4.69. The van der Waals surface area contributed by atoms with Gasteiger partial charge in [-0.25, -0.2) is 9.78 Å². The number of carboxylic acids is 1. The molecule has 0 radical (unpaired) electrons. The summed E-state index contributed by atoms with van der Waals surface area (Å²) in [6, 6.07) is 7.59. The van der Waals surface area contributed by atoms with E-state index in [1.165, 1.54) is 16.7 Å². The molecule has 4 nitrogen and oxygen atoms in total. The summed E-state index contributed by atoms with van der Waals surface area (Å²) in [5.41, 5.74) is 7.56. The number of hydrogen-bond donors (Lipinski definition) is 2. The summed E-state index contributed by atoms with van der Waals surface area (Å²) in [7, 11) is 0. The predicted octanol–water partition coefficient (Wildman–Crippen LogP) is 1.97. The second kappa shape index (κ2) is 4.42. The van der Waals surface area contributed by atoms with E-state index in [9.17, 15) is 4.79 Å². The van der Waals surface area contributed by atoms with Gasteiger partial charge in [-0.15, -0.1) is 11.3 Å². The van der Waals surface area contributed by atoms with Crippen LogP contribution in [0.3, 0.4) is 0 Å². The first kappa shape index (κ1) is 10.8. The zero-order valence-electron chi connectivity index (χ0n) is 8.38. The van der Waals surface area contributed by atoms with Crippen molar-refractivity contribution < 1.29 is 9.90 Å². The van der Waals surface area contributed by atoms with E-state index in [1.54, 1.807) is 0 Å². The molecule has 1 heterocycles. The Labute approximate surface area is 96.4 Å². The molecule has 0 bridgehead atoms. The molecule has 0 saturated heterocycles. The highest BCUT2D eigenvalue weighted by molar-refractivity contribution is 7.13. The van der Waals surface area contributed by atoms with Gasteiger partial charge in [-0.05, 0) is 5.56 Å². The fourth-order valence-corrected chi connectivity index (χ4v) is 2.26. The highest BCUT2D eigenvalue weighted by Gasteiger charge is 2.11. The maximum atomic E-state index is 10.7. The Kier molecular flexibility index (Phi) is 2.98. The van der Waals surface area contributed by atoms with E-state index >= 15 is 0 Å². The number of nitrogens with two attached hydrogens (primary N) is 1. The lowest BCUT2D eigenvalue weighted by Gasteiger charge is -2.03. The summed E-state index contributed by atoms with van der Waals surface area (Å²) in [5, 5.41) is 11.0. The number of benzene rings is 1. The van der Waals surface area contributed by atoms with E-state index in [0.29, 0.717) is 11.6 Å². The topological polar surface area (TPSA) is 76.2 Å². The second-order valence-corrected chi connectivity index (χ2v) is 4.06. The van der Waals surface area contributed by atoms with Crippen LogP contribution in [0.15, 0.2) is 29.6 Å². The largest absolute Gasteiger partial charge is 0.476 e. The minimum absolute atomic E-state index is 0.0758. The van der Waals surface area contributed by atoms with Crippen molar-refractivity contribution >= 4 is 17.3 Å². The Morgan fingerprint density at radius 1 is 1.44 bits per heavy atom. The number of aromatic carboxylic acids is 1. The summed E-state index contributed by atoms with van der Waals surface area (Å²) in [6.07, 6.45) is 0. The van der Waals surface area contributed by atoms with Crippen LogP contribution < -0.4 is 5.73 Å². The molecule has 0 aliphatic rings. The quantitative estimate of drug-likeness (QED) is 0.851. The number of carbonyl (C=O) groups is 1. The molecule has 0 fully saturated rings. The number of rotatable bonds is 3. The zero-order valence-corrected chi connectivity index (χ0v) is 9.20. The summed E-state index contributed by atoms with van der Waals surface area (Å²) in [6.45, 7) is 0.415. The van der Waals surface area contributed by atoms with Gasteiger partial charge >= 0.3 is 5.97 Å². The van der Waals surface area contributed by atoms with Crippen LogP contribution in [0.5, 0.6) is 0 Å². The van der Waals surface area contributed by atoms with Gasteiger partial charge in [-0.1, -0.05) is 24.3 Å². The Bertz CT molecular complexity index is 522. The van der Waals surface area contributed by atoms with E-state index in [-0.39, 0.29) is 5.69 Å². The summed E-state index contributed by atoms with van der Waals surface area (Å²) >= 11 is 1.31. The fourth-order valence-electron chi connectivity index (χ4n) is 1.40. The van der Waals surface area contributed by atoms with Crippen molar-refractivity contribution in [2.75, 3.05) is 0 Å². The monoisotopic (exact) mass is 234 g/mol. The molecule has 0 saturated carbocycles. The number of hydrogen-bond acceptors (Lipinski definition) is 4. The zero-order chi connectivity index (χ0) is 11.5. The summed E-state index contributed by atoms with van der Waals surface area (Å²) in [5.74, 6) is -1.01. The molecule has 16 heavy (non-hydrogen) atoms. The van der Waals surface area contributed by atoms with E-state index in [2.05, 4.69) is 4.98 Å². The molecule has 5 heteroatoms. The van der Waals surface area contributed by atoms with Gasteiger partial charge < -0.3 is 10.8 Å². The SMILES string of the molecule is NCc1ccccc1-c1nc(C(=O)O)cs1. The van der Waals surface area contributed by atoms with Crippen LogP contribution in [0.25, 0.3) is 10.6 Å². The highest BCUT2D eigenvalue weighted by atomic mass is 32.1. The summed E-state index contributed by atoms with van der Waals surface area (Å²) < 4.78 is 0. The van der Waals surface area contributed by atoms with E-state index < -0.39 is 5.97 Å². The molecule has 0 aliphatic carbocycles. The first-order valence-corrected chi connectivity index (χ1v) is 5.57. The Morgan fingerprint density at radius 2 is 2.19 bits per heavy atom. The van der Waals surface area contributed by atoms with Crippen LogP contribution in [0.2, 0.25) is 0 Å². The van der Waals surface area contributed by atoms with Crippen molar-refractivity contribution in [2.24, 2.45) is 5.73 Å². The third kappa shape index (κ3) is 1.95. The minimum Gasteiger partial charge on any atom is -0.476 e. The number of carboxylic acid groups (broad SMARTS) is 1. The lowest BCUT2D eigenvalue weighted by Crippen LogP contribution is -1.99. The first-order chi connectivity index (χ1) is 7.72. The molecule has 2 aromatic rings. The summed E-state index contributed by atoms with van der Waals surface area (Å²) in [4.78, 5) is 14.8. The van der Waals surface area contributed by atoms with Crippen LogP contribution >= 0.6 is 11.3 Å². The second-order valence-electron chi connectivity index (χ2n) is 3.20. The van der Waals surface area contributed by atoms with E-state index in [0.717, 1.165) is 11.1 Å². The Balaban J connectivity index is 2.46. The third-order valence-corrected chi connectivity index (χ3v) is 3.07. The lowest BCUT2D eigenvalue weighted by molar-refractivity contribution is 0.0691. The highest BCUT2D eigenvalue weighted by Crippen LogP contribution is 2.26. The maximum absolute atomic E-state index is 10.7. The van der Waals surface area contributed by atoms with Crippen molar-refractivity contribution in [1.29, 1.82) is 0 Å². The molecule has 3 N–H and O–H groups in total. The van der Waals surface area contributed by atoms with Crippen molar-refractivity contribution in [3.63, 3.8) is 0 Å². The number of nitrogens with zero attached hydrogens (tertiary/aromatic N) is 1. The predicted molar refractivity (Wildman–Crippen MR) is 62.4 cm³/mol. The van der Waals surface area contributed by atoms with Gasteiger partial charge in [0.15, 0.2) is 5.69 Å². The standard InChI is InChI=1S/C11H10N2O2S/c12-5-7-3-1-2-4-8(7)10-13-9(6-16-10)11(14)15/h1-4,6H,5,12H2,(H,14,15). The van der Waals surface area contributed by atoms with Gasteiger partial charge in [-0.2, -0.15) is 0 Å². The number of thiazole rings is 1. The fraction of sp³-hybridized carbons (Fsp3) is 0.0909. The van der Waals surface area contributed by atoms with Gasteiger partial charge in [0.2, 0.25) is 0 Å². The molecule has 0 spiro atoms. The minimum atomic E-state index is -1.01. The molecule has 82 valence electrons. The van der Waals surface area contributed by atoms with Gasteiger partial charge in [-0.3, -0.25) is 0 Å². The van der Waals surface area contributed by atoms with Gasteiger partial charge in [0.1, 0.15) is 5.01 Å². The molecule has 0 aliphatic heterocycles. The normalized spacial score (nSPS) is 10.3. The molecule has 0 atom stereocenters. The molecule has 0 amide bonds. The lowest BCUT2D eigenvalue weighted by atomic mass is 10.1. The van der Waals surface area contributed by atoms with Gasteiger partial charge in [0, 0.05) is 17.5 Å². The van der Waals surface area contributed by atoms with Crippen LogP contribution in [-0.4, -0.2) is 16.1 Å². The van der Waals surface area contributed by atoms with Crippen molar-refractivity contribution in [2.45, 2.75) is 6.54 Å². The van der Waals surface area contributed by atoms with E-state index in [1.807, 2.05) is 24.3 Å². The van der Waals surface area contributed by atoms with Crippen LogP contribution in [-0.2, 0) is 6.54 Å². The van der Waals surface area contributed by atoms with Crippen LogP contribution in [0.4, 0.5) is 0 Å². The third-order valence-electron chi connectivity index (χ3n) is 2.19. The number of aromatic nitrogens is 1.